The number of carbonyl (C=O) groups excluding carboxylic acids is 2. The van der Waals surface area contributed by atoms with Gasteiger partial charge in [0.05, 0.1) is 28.7 Å². The Morgan fingerprint density at radius 1 is 1.12 bits per heavy atom. The monoisotopic (exact) mass is 489 g/mol. The van der Waals surface area contributed by atoms with Gasteiger partial charge in [-0.15, -0.1) is 11.8 Å². The molecule has 2 aliphatic rings. The Balaban J connectivity index is 1.36. The molecule has 0 radical (unpaired) electrons. The summed E-state index contributed by atoms with van der Waals surface area (Å²) in [5.74, 6) is 0.791. The smallest absolute Gasteiger partial charge is 0.234 e. The molecule has 1 saturated heterocycles. The number of hydrogen-bond acceptors (Lipinski definition) is 7. The van der Waals surface area contributed by atoms with E-state index < -0.39 is 15.1 Å². The highest BCUT2D eigenvalue weighted by atomic mass is 32.2. The maximum atomic E-state index is 13.1. The maximum absolute atomic E-state index is 13.1. The van der Waals surface area contributed by atoms with Crippen LogP contribution in [0.2, 0.25) is 0 Å². The molecule has 0 aromatic heterocycles. The van der Waals surface area contributed by atoms with E-state index in [1.807, 2.05) is 24.3 Å². The van der Waals surface area contributed by atoms with E-state index in [9.17, 15) is 18.0 Å². The SMILES string of the molecule is COc1ccc(N2CCN(C(=O)C[C@H](C)S(=O)(=O)c3ccc4c(c3)NC(=O)CS4)CC2)cc1. The molecule has 1 N–H and O–H groups in total. The Bertz CT molecular complexity index is 1140. The number of thioether (sulfide) groups is 1. The lowest BCUT2D eigenvalue weighted by atomic mass is 10.2. The van der Waals surface area contributed by atoms with Gasteiger partial charge in [0, 0.05) is 43.2 Å². The van der Waals surface area contributed by atoms with Gasteiger partial charge in [-0.3, -0.25) is 9.59 Å². The number of fused-ring (bicyclic) bond motifs is 1. The fraction of sp³-hybridized carbons (Fsp3) is 0.391. The van der Waals surface area contributed by atoms with Crippen molar-refractivity contribution < 1.29 is 22.7 Å². The van der Waals surface area contributed by atoms with Crippen LogP contribution in [0.3, 0.4) is 0 Å². The zero-order valence-electron chi connectivity index (χ0n) is 18.6. The fourth-order valence-electron chi connectivity index (χ4n) is 3.96. The van der Waals surface area contributed by atoms with Crippen LogP contribution in [0, 0.1) is 0 Å². The molecule has 2 heterocycles. The number of sulfone groups is 1. The number of amides is 2. The fourth-order valence-corrected chi connectivity index (χ4v) is 6.12. The van der Waals surface area contributed by atoms with Crippen molar-refractivity contribution in [2.24, 2.45) is 0 Å². The standard InChI is InChI=1S/C23H27N3O5S2/c1-16(33(29,30)19-7-8-21-20(14-19)24-22(27)15-32-21)13-23(28)26-11-9-25(10-12-26)17-3-5-18(31-2)6-4-17/h3-8,14,16H,9-13,15H2,1-2H3,(H,24,27)/t16-/m0/s1. The molecule has 0 bridgehead atoms. The molecule has 0 unspecified atom stereocenters. The average molecular weight is 490 g/mol. The Kier molecular flexibility index (Phi) is 6.85. The van der Waals surface area contributed by atoms with E-state index in [4.69, 9.17) is 4.74 Å². The summed E-state index contributed by atoms with van der Waals surface area (Å²) in [5.41, 5.74) is 1.57. The largest absolute Gasteiger partial charge is 0.497 e. The number of piperazine rings is 1. The van der Waals surface area contributed by atoms with Gasteiger partial charge in [0.1, 0.15) is 5.75 Å². The third kappa shape index (κ3) is 5.11. The summed E-state index contributed by atoms with van der Waals surface area (Å²) in [6.45, 7) is 4.01. The van der Waals surface area contributed by atoms with Crippen LogP contribution in [0.5, 0.6) is 5.75 Å². The van der Waals surface area contributed by atoms with Crippen molar-refractivity contribution >= 4 is 44.8 Å². The van der Waals surface area contributed by atoms with E-state index in [0.29, 0.717) is 37.6 Å². The predicted molar refractivity (Wildman–Crippen MR) is 129 cm³/mol. The molecule has 0 aliphatic carbocycles. The van der Waals surface area contributed by atoms with Crippen molar-refractivity contribution in [3.63, 3.8) is 0 Å². The number of ether oxygens (including phenoxy) is 1. The average Bonchev–Trinajstić information content (AvgIpc) is 2.83. The topological polar surface area (TPSA) is 96.0 Å². The first-order valence-electron chi connectivity index (χ1n) is 10.8. The second kappa shape index (κ2) is 9.64. The number of nitrogens with zero attached hydrogens (tertiary/aromatic N) is 2. The van der Waals surface area contributed by atoms with Gasteiger partial charge in [0.15, 0.2) is 9.84 Å². The third-order valence-corrected chi connectivity index (χ3v) is 9.18. The van der Waals surface area contributed by atoms with E-state index in [1.165, 1.54) is 17.8 Å². The first kappa shape index (κ1) is 23.4. The lowest BCUT2D eigenvalue weighted by molar-refractivity contribution is -0.131. The van der Waals surface area contributed by atoms with Crippen LogP contribution in [0.1, 0.15) is 13.3 Å². The van der Waals surface area contributed by atoms with Crippen LogP contribution in [0.4, 0.5) is 11.4 Å². The van der Waals surface area contributed by atoms with Gasteiger partial charge in [-0.25, -0.2) is 8.42 Å². The van der Waals surface area contributed by atoms with Crippen LogP contribution in [-0.2, 0) is 19.4 Å². The second-order valence-electron chi connectivity index (χ2n) is 8.12. The summed E-state index contributed by atoms with van der Waals surface area (Å²) in [5, 5.41) is 1.85. The summed E-state index contributed by atoms with van der Waals surface area (Å²) >= 11 is 1.38. The minimum atomic E-state index is -3.71. The molecule has 2 aromatic rings. The summed E-state index contributed by atoms with van der Waals surface area (Å²) in [4.78, 5) is 29.4. The summed E-state index contributed by atoms with van der Waals surface area (Å²) in [6.07, 6.45) is -0.0803. The normalized spacial score (nSPS) is 17.2. The number of anilines is 2. The van der Waals surface area contributed by atoms with Crippen molar-refractivity contribution in [3.8, 4) is 5.75 Å². The first-order valence-corrected chi connectivity index (χ1v) is 13.3. The molecular formula is C23H27N3O5S2. The number of rotatable bonds is 6. The van der Waals surface area contributed by atoms with Crippen molar-refractivity contribution in [1.82, 2.24) is 4.90 Å². The summed E-state index contributed by atoms with van der Waals surface area (Å²) in [7, 11) is -2.09. The second-order valence-corrected chi connectivity index (χ2v) is 11.5. The summed E-state index contributed by atoms with van der Waals surface area (Å²) < 4.78 is 31.4. The van der Waals surface area contributed by atoms with Gasteiger partial charge in [-0.1, -0.05) is 0 Å². The van der Waals surface area contributed by atoms with Crippen LogP contribution >= 0.6 is 11.8 Å². The van der Waals surface area contributed by atoms with Crippen molar-refractivity contribution in [1.29, 1.82) is 0 Å². The quantitative estimate of drug-likeness (QED) is 0.666. The van der Waals surface area contributed by atoms with E-state index in [2.05, 4.69) is 10.2 Å². The van der Waals surface area contributed by atoms with E-state index in [-0.39, 0.29) is 23.1 Å². The molecule has 0 spiro atoms. The van der Waals surface area contributed by atoms with Crippen molar-refractivity contribution in [2.75, 3.05) is 49.3 Å². The van der Waals surface area contributed by atoms with E-state index >= 15 is 0 Å². The van der Waals surface area contributed by atoms with Gasteiger partial charge >= 0.3 is 0 Å². The lowest BCUT2D eigenvalue weighted by Crippen LogP contribution is -2.49. The molecular weight excluding hydrogens is 462 g/mol. The molecule has 8 nitrogen and oxygen atoms in total. The number of benzene rings is 2. The van der Waals surface area contributed by atoms with Crippen LogP contribution < -0.4 is 15.0 Å². The highest BCUT2D eigenvalue weighted by Crippen LogP contribution is 2.34. The van der Waals surface area contributed by atoms with E-state index in [1.54, 1.807) is 31.1 Å². The van der Waals surface area contributed by atoms with Crippen molar-refractivity contribution in [2.45, 2.75) is 28.4 Å². The molecule has 10 heteroatoms. The van der Waals surface area contributed by atoms with E-state index in [0.717, 1.165) is 16.3 Å². The Morgan fingerprint density at radius 3 is 2.48 bits per heavy atom. The van der Waals surface area contributed by atoms with Crippen molar-refractivity contribution in [3.05, 3.63) is 42.5 Å². The van der Waals surface area contributed by atoms with Crippen LogP contribution in [0.15, 0.2) is 52.3 Å². The van der Waals surface area contributed by atoms with Crippen LogP contribution in [0.25, 0.3) is 0 Å². The molecule has 0 saturated carbocycles. The predicted octanol–water partition coefficient (Wildman–Crippen LogP) is 2.64. The summed E-state index contributed by atoms with van der Waals surface area (Å²) in [6, 6.07) is 12.5. The third-order valence-electron chi connectivity index (χ3n) is 5.97. The van der Waals surface area contributed by atoms with Gasteiger partial charge < -0.3 is 19.9 Å². The lowest BCUT2D eigenvalue weighted by Gasteiger charge is -2.36. The highest BCUT2D eigenvalue weighted by Gasteiger charge is 2.30. The minimum absolute atomic E-state index is 0.0803. The number of methoxy groups -OCH3 is 1. The molecule has 176 valence electrons. The van der Waals surface area contributed by atoms with Crippen LogP contribution in [-0.4, -0.2) is 69.4 Å². The molecule has 1 atom stereocenters. The number of hydrogen-bond donors (Lipinski definition) is 1. The molecule has 2 amide bonds. The van der Waals surface area contributed by atoms with Gasteiger partial charge in [-0.2, -0.15) is 0 Å². The Hall–Kier alpha value is -2.72. The molecule has 2 aliphatic heterocycles. The zero-order chi connectivity index (χ0) is 23.6. The minimum Gasteiger partial charge on any atom is -0.497 e. The number of carbonyl (C=O) groups is 2. The van der Waals surface area contributed by atoms with Gasteiger partial charge in [-0.05, 0) is 49.4 Å². The highest BCUT2D eigenvalue weighted by molar-refractivity contribution is 8.00. The van der Waals surface area contributed by atoms with Gasteiger partial charge in [0.2, 0.25) is 11.8 Å². The number of nitrogens with one attached hydrogen (secondary N) is 1. The molecule has 1 fully saturated rings. The molecule has 4 rings (SSSR count). The molecule has 2 aromatic carbocycles. The Morgan fingerprint density at radius 2 is 1.82 bits per heavy atom. The first-order chi connectivity index (χ1) is 15.8. The van der Waals surface area contributed by atoms with Gasteiger partial charge in [0.25, 0.3) is 0 Å². The maximum Gasteiger partial charge on any atom is 0.234 e. The Labute approximate surface area is 198 Å². The molecule has 33 heavy (non-hydrogen) atoms. The zero-order valence-corrected chi connectivity index (χ0v) is 20.2.